The molecule has 144 valence electrons. The number of nitrogens with one attached hydrogen (secondary N) is 1. The number of hydrogen-bond acceptors (Lipinski definition) is 6. The second-order valence-corrected chi connectivity index (χ2v) is 8.05. The number of aliphatic imine (C=N–C) groups is 1. The Morgan fingerprint density at radius 2 is 1.79 bits per heavy atom. The molecule has 0 saturated heterocycles. The average Bonchev–Trinajstić information content (AvgIpc) is 3.29. The fourth-order valence-electron chi connectivity index (χ4n) is 2.71. The number of rotatable bonds is 5. The standard InChI is InChI=1S/C21H15N3O3S2/c25-18(26)11-16-12-28-20(22-16)24-21-23-19(27)17(29-21)10-13-6-8-15(9-7-13)14-4-2-1-3-5-14/h1-10,12H,11H2,(H,25,26)(H,22,23,24,27)/b17-10+. The van der Waals surface area contributed by atoms with Gasteiger partial charge in [0.25, 0.3) is 5.91 Å². The van der Waals surface area contributed by atoms with Gasteiger partial charge >= 0.3 is 5.97 Å². The number of thiazole rings is 1. The molecule has 0 saturated carbocycles. The first-order valence-electron chi connectivity index (χ1n) is 8.68. The van der Waals surface area contributed by atoms with Gasteiger partial charge in [0.15, 0.2) is 10.3 Å². The summed E-state index contributed by atoms with van der Waals surface area (Å²) in [5.74, 6) is -1.25. The molecule has 1 amide bonds. The van der Waals surface area contributed by atoms with Crippen LogP contribution in [-0.4, -0.2) is 27.1 Å². The van der Waals surface area contributed by atoms with Crippen molar-refractivity contribution in [2.45, 2.75) is 6.42 Å². The number of carboxylic acid groups (broad SMARTS) is 1. The van der Waals surface area contributed by atoms with E-state index in [-0.39, 0.29) is 12.3 Å². The number of amides is 1. The van der Waals surface area contributed by atoms with Gasteiger partial charge < -0.3 is 10.4 Å². The number of carbonyl (C=O) groups excluding carboxylic acids is 1. The number of nitrogens with zero attached hydrogens (tertiary/aromatic N) is 2. The quantitative estimate of drug-likeness (QED) is 0.589. The first-order chi connectivity index (χ1) is 14.1. The maximum absolute atomic E-state index is 12.2. The van der Waals surface area contributed by atoms with E-state index in [9.17, 15) is 9.59 Å². The fraction of sp³-hybridized carbons (Fsp3) is 0.0476. The highest BCUT2D eigenvalue weighted by Gasteiger charge is 2.22. The van der Waals surface area contributed by atoms with E-state index in [4.69, 9.17) is 5.11 Å². The van der Waals surface area contributed by atoms with E-state index in [2.05, 4.69) is 27.4 Å². The third-order valence-electron chi connectivity index (χ3n) is 4.03. The van der Waals surface area contributed by atoms with Crippen LogP contribution in [0.15, 0.2) is 69.9 Å². The second kappa shape index (κ2) is 8.42. The van der Waals surface area contributed by atoms with Crippen molar-refractivity contribution in [1.82, 2.24) is 4.98 Å². The Balaban J connectivity index is 1.43. The molecule has 2 N–H and O–H groups in total. The van der Waals surface area contributed by atoms with Crippen molar-refractivity contribution in [1.29, 1.82) is 0 Å². The highest BCUT2D eigenvalue weighted by Crippen LogP contribution is 2.30. The number of carboxylic acids is 1. The molecule has 29 heavy (non-hydrogen) atoms. The molecule has 0 fully saturated rings. The summed E-state index contributed by atoms with van der Waals surface area (Å²) in [4.78, 5) is 31.7. The number of benzene rings is 2. The smallest absolute Gasteiger partial charge is 0.309 e. The number of aromatic nitrogens is 1. The van der Waals surface area contributed by atoms with Gasteiger partial charge in [-0.25, -0.2) is 4.98 Å². The predicted molar refractivity (Wildman–Crippen MR) is 117 cm³/mol. The Hall–Kier alpha value is -3.23. The largest absolute Gasteiger partial charge is 0.481 e. The van der Waals surface area contributed by atoms with Crippen LogP contribution in [0.1, 0.15) is 11.3 Å². The van der Waals surface area contributed by atoms with E-state index in [0.717, 1.165) is 16.7 Å². The summed E-state index contributed by atoms with van der Waals surface area (Å²) in [7, 11) is 0. The third kappa shape index (κ3) is 4.79. The minimum Gasteiger partial charge on any atom is -0.481 e. The molecule has 0 radical (unpaired) electrons. The zero-order chi connectivity index (χ0) is 20.2. The summed E-state index contributed by atoms with van der Waals surface area (Å²) >= 11 is 2.51. The van der Waals surface area contributed by atoms with Crippen LogP contribution in [-0.2, 0) is 16.0 Å². The van der Waals surface area contributed by atoms with Crippen molar-refractivity contribution in [3.8, 4) is 11.1 Å². The van der Waals surface area contributed by atoms with Crippen LogP contribution in [0.2, 0.25) is 0 Å². The molecular weight excluding hydrogens is 406 g/mol. The van der Waals surface area contributed by atoms with Crippen LogP contribution < -0.4 is 5.32 Å². The molecule has 0 unspecified atom stereocenters. The van der Waals surface area contributed by atoms with E-state index >= 15 is 0 Å². The lowest BCUT2D eigenvalue weighted by molar-refractivity contribution is -0.136. The Bertz CT molecular complexity index is 1120. The molecule has 2 heterocycles. The molecule has 0 aliphatic carbocycles. The van der Waals surface area contributed by atoms with Crippen molar-refractivity contribution in [3.05, 3.63) is 76.1 Å². The minimum absolute atomic E-state index is 0.138. The van der Waals surface area contributed by atoms with E-state index < -0.39 is 5.97 Å². The van der Waals surface area contributed by atoms with E-state index in [1.165, 1.54) is 23.1 Å². The van der Waals surface area contributed by atoms with Crippen LogP contribution in [0, 0.1) is 0 Å². The maximum atomic E-state index is 12.2. The van der Waals surface area contributed by atoms with Crippen LogP contribution in [0.3, 0.4) is 0 Å². The zero-order valence-corrected chi connectivity index (χ0v) is 16.7. The summed E-state index contributed by atoms with van der Waals surface area (Å²) in [5, 5.41) is 14.4. The number of thioether (sulfide) groups is 1. The minimum atomic E-state index is -0.937. The maximum Gasteiger partial charge on any atom is 0.309 e. The lowest BCUT2D eigenvalue weighted by atomic mass is 10.0. The molecule has 3 aromatic rings. The SMILES string of the molecule is O=C(O)Cc1csc(NC2=NC(=O)/C(=C\c3ccc(-c4ccccc4)cc3)S2)n1. The molecule has 1 aliphatic rings. The van der Waals surface area contributed by atoms with Crippen molar-refractivity contribution < 1.29 is 14.7 Å². The summed E-state index contributed by atoms with van der Waals surface area (Å²) < 4.78 is 0. The van der Waals surface area contributed by atoms with E-state index in [1.54, 1.807) is 11.5 Å². The normalized spacial score (nSPS) is 14.8. The zero-order valence-electron chi connectivity index (χ0n) is 15.0. The van der Waals surface area contributed by atoms with Crippen molar-refractivity contribution in [2.75, 3.05) is 5.32 Å². The average molecular weight is 422 g/mol. The van der Waals surface area contributed by atoms with Crippen LogP contribution in [0.25, 0.3) is 17.2 Å². The van der Waals surface area contributed by atoms with Gasteiger partial charge in [-0.3, -0.25) is 9.59 Å². The Kier molecular flexibility index (Phi) is 5.55. The molecule has 0 spiro atoms. The van der Waals surface area contributed by atoms with E-state index in [0.29, 0.717) is 20.9 Å². The highest BCUT2D eigenvalue weighted by atomic mass is 32.2. The van der Waals surface area contributed by atoms with Crippen LogP contribution >= 0.6 is 23.1 Å². The van der Waals surface area contributed by atoms with Gasteiger partial charge in [0, 0.05) is 5.38 Å². The van der Waals surface area contributed by atoms with Crippen molar-refractivity contribution in [2.24, 2.45) is 4.99 Å². The summed E-state index contributed by atoms with van der Waals surface area (Å²) in [6, 6.07) is 18.1. The molecule has 4 rings (SSSR count). The third-order valence-corrected chi connectivity index (χ3v) is 5.74. The van der Waals surface area contributed by atoms with Crippen LogP contribution in [0.5, 0.6) is 0 Å². The van der Waals surface area contributed by atoms with Gasteiger partial charge in [-0.05, 0) is 34.5 Å². The van der Waals surface area contributed by atoms with Crippen molar-refractivity contribution in [3.63, 3.8) is 0 Å². The first kappa shape index (κ1) is 19.1. The second-order valence-electron chi connectivity index (χ2n) is 6.16. The Labute approximate surface area is 175 Å². The topological polar surface area (TPSA) is 91.6 Å². The van der Waals surface area contributed by atoms with Gasteiger partial charge in [-0.15, -0.1) is 11.3 Å². The van der Waals surface area contributed by atoms with Gasteiger partial charge in [0.05, 0.1) is 17.0 Å². The monoisotopic (exact) mass is 421 g/mol. The van der Waals surface area contributed by atoms with Crippen LogP contribution in [0.4, 0.5) is 5.13 Å². The summed E-state index contributed by atoms with van der Waals surface area (Å²) in [5.41, 5.74) is 3.63. The van der Waals surface area contributed by atoms with Gasteiger partial charge in [0.2, 0.25) is 0 Å². The molecule has 0 atom stereocenters. The van der Waals surface area contributed by atoms with Gasteiger partial charge in [0.1, 0.15) is 0 Å². The molecule has 1 aromatic heterocycles. The summed E-state index contributed by atoms with van der Waals surface area (Å²) in [6.07, 6.45) is 1.67. The summed E-state index contributed by atoms with van der Waals surface area (Å²) in [6.45, 7) is 0. The Morgan fingerprint density at radius 1 is 1.07 bits per heavy atom. The number of anilines is 1. The van der Waals surface area contributed by atoms with E-state index in [1.807, 2.05) is 42.5 Å². The number of hydrogen-bond donors (Lipinski definition) is 2. The number of carbonyl (C=O) groups is 2. The fourth-order valence-corrected chi connectivity index (χ4v) is 4.29. The van der Waals surface area contributed by atoms with Crippen molar-refractivity contribution >= 4 is 51.4 Å². The molecule has 8 heteroatoms. The molecular formula is C21H15N3O3S2. The number of amidine groups is 1. The lowest BCUT2D eigenvalue weighted by Crippen LogP contribution is -2.05. The molecule has 6 nitrogen and oxygen atoms in total. The highest BCUT2D eigenvalue weighted by molar-refractivity contribution is 8.18. The lowest BCUT2D eigenvalue weighted by Gasteiger charge is -2.02. The molecule has 1 aliphatic heterocycles. The molecule has 2 aromatic carbocycles. The van der Waals surface area contributed by atoms with Gasteiger partial charge in [-0.2, -0.15) is 4.99 Å². The Morgan fingerprint density at radius 3 is 2.52 bits per heavy atom. The number of aliphatic carboxylic acids is 1. The van der Waals surface area contributed by atoms with Gasteiger partial charge in [-0.1, -0.05) is 54.6 Å². The predicted octanol–water partition coefficient (Wildman–Crippen LogP) is 4.52. The first-order valence-corrected chi connectivity index (χ1v) is 10.4. The molecule has 0 bridgehead atoms.